The van der Waals surface area contributed by atoms with E-state index in [4.69, 9.17) is 0 Å². The lowest BCUT2D eigenvalue weighted by Crippen LogP contribution is -2.40. The van der Waals surface area contributed by atoms with Crippen LogP contribution in [0.3, 0.4) is 0 Å². The van der Waals surface area contributed by atoms with Gasteiger partial charge in [0.1, 0.15) is 3.70 Å². The number of aromatic nitrogens is 3. The van der Waals surface area contributed by atoms with Crippen molar-refractivity contribution < 1.29 is 18.3 Å². The van der Waals surface area contributed by atoms with E-state index in [2.05, 4.69) is 9.97 Å². The second kappa shape index (κ2) is 3.80. The Hall–Kier alpha value is -0.900. The van der Waals surface area contributed by atoms with Crippen molar-refractivity contribution in [3.05, 3.63) is 28.0 Å². The summed E-state index contributed by atoms with van der Waals surface area (Å²) in [4.78, 5) is 7.54. The van der Waals surface area contributed by atoms with E-state index in [1.165, 1.54) is 16.8 Å². The molecule has 0 saturated carbocycles. The maximum atomic E-state index is 12.6. The summed E-state index contributed by atoms with van der Waals surface area (Å²) in [7, 11) is 0. The molecule has 0 aliphatic carbocycles. The maximum Gasteiger partial charge on any atom is 0.422 e. The third-order valence-electron chi connectivity index (χ3n) is 2.40. The van der Waals surface area contributed by atoms with Gasteiger partial charge in [-0.1, -0.05) is 0 Å². The molecule has 1 unspecified atom stereocenters. The highest BCUT2D eigenvalue weighted by Gasteiger charge is 2.52. The molecule has 1 N–H and O–H groups in total. The molecule has 0 radical (unpaired) electrons. The summed E-state index contributed by atoms with van der Waals surface area (Å²) >= 11 is 1.93. The average molecular weight is 357 g/mol. The number of rotatable bonds is 1. The van der Waals surface area contributed by atoms with E-state index in [-0.39, 0.29) is 0 Å². The Bertz CT molecular complexity index is 564. The third-order valence-corrected chi connectivity index (χ3v) is 3.20. The lowest BCUT2D eigenvalue weighted by atomic mass is 10.0. The minimum atomic E-state index is -4.78. The van der Waals surface area contributed by atoms with Crippen LogP contribution in [-0.2, 0) is 5.60 Å². The molecule has 8 heteroatoms. The molecular weight excluding hydrogens is 350 g/mol. The van der Waals surface area contributed by atoms with Crippen molar-refractivity contribution in [3.63, 3.8) is 0 Å². The Morgan fingerprint density at radius 3 is 2.53 bits per heavy atom. The number of aliphatic hydroxyl groups is 1. The molecule has 0 aromatic carbocycles. The second-order valence-electron chi connectivity index (χ2n) is 3.65. The molecule has 0 aliphatic heterocycles. The van der Waals surface area contributed by atoms with Gasteiger partial charge in [0.15, 0.2) is 5.65 Å². The van der Waals surface area contributed by atoms with Crippen LogP contribution in [0.1, 0.15) is 12.6 Å². The summed E-state index contributed by atoms with van der Waals surface area (Å²) in [6, 6.07) is 0. The van der Waals surface area contributed by atoms with Crippen LogP contribution in [-0.4, -0.2) is 25.7 Å². The Kier molecular flexibility index (Phi) is 2.81. The number of hydrogen-bond acceptors (Lipinski definition) is 3. The van der Waals surface area contributed by atoms with E-state index in [1.54, 1.807) is 0 Å². The highest BCUT2D eigenvalue weighted by Crippen LogP contribution is 2.37. The van der Waals surface area contributed by atoms with Crippen LogP contribution >= 0.6 is 22.6 Å². The zero-order valence-corrected chi connectivity index (χ0v) is 10.7. The Balaban J connectivity index is 2.60. The van der Waals surface area contributed by atoms with E-state index in [0.29, 0.717) is 16.3 Å². The maximum absolute atomic E-state index is 12.6. The normalized spacial score (nSPS) is 16.1. The van der Waals surface area contributed by atoms with Gasteiger partial charge >= 0.3 is 6.18 Å². The lowest BCUT2D eigenvalue weighted by molar-refractivity contribution is -0.260. The average Bonchev–Trinajstić information content (AvgIpc) is 2.58. The number of halogens is 4. The Morgan fingerprint density at radius 1 is 1.29 bits per heavy atom. The SMILES string of the molecule is CC(O)(c1cn2c(I)cnc2cn1)C(F)(F)F. The molecule has 0 aliphatic rings. The molecule has 0 spiro atoms. The number of alkyl halides is 3. The van der Waals surface area contributed by atoms with Crippen molar-refractivity contribution in [3.8, 4) is 0 Å². The second-order valence-corrected chi connectivity index (χ2v) is 4.76. The minimum Gasteiger partial charge on any atom is -0.375 e. The number of imidazole rings is 1. The van der Waals surface area contributed by atoms with Gasteiger partial charge in [0, 0.05) is 6.20 Å². The van der Waals surface area contributed by atoms with Gasteiger partial charge in [-0.05, 0) is 29.5 Å². The molecule has 0 bridgehead atoms. The van der Waals surface area contributed by atoms with Crippen LogP contribution in [0.15, 0.2) is 18.6 Å². The summed E-state index contributed by atoms with van der Waals surface area (Å²) in [5, 5.41) is 9.49. The van der Waals surface area contributed by atoms with Crippen molar-refractivity contribution >= 4 is 28.2 Å². The van der Waals surface area contributed by atoms with Crippen LogP contribution in [0, 0.1) is 3.70 Å². The molecule has 0 amide bonds. The molecule has 17 heavy (non-hydrogen) atoms. The van der Waals surface area contributed by atoms with Crippen molar-refractivity contribution in [2.24, 2.45) is 0 Å². The Morgan fingerprint density at radius 2 is 1.94 bits per heavy atom. The predicted octanol–water partition coefficient (Wildman–Crippen LogP) is 2.10. The van der Waals surface area contributed by atoms with Crippen molar-refractivity contribution in [1.29, 1.82) is 0 Å². The van der Waals surface area contributed by atoms with Gasteiger partial charge in [0.2, 0.25) is 5.60 Å². The zero-order valence-electron chi connectivity index (χ0n) is 8.53. The van der Waals surface area contributed by atoms with Gasteiger partial charge in [0.25, 0.3) is 0 Å². The molecule has 92 valence electrons. The van der Waals surface area contributed by atoms with Gasteiger partial charge < -0.3 is 5.11 Å². The summed E-state index contributed by atoms with van der Waals surface area (Å²) in [6.45, 7) is 0.672. The van der Waals surface area contributed by atoms with Crippen molar-refractivity contribution in [1.82, 2.24) is 14.4 Å². The molecule has 4 nitrogen and oxygen atoms in total. The fraction of sp³-hybridized carbons (Fsp3) is 0.333. The lowest BCUT2D eigenvalue weighted by Gasteiger charge is -2.25. The molecule has 0 saturated heterocycles. The smallest absolute Gasteiger partial charge is 0.375 e. The molecular formula is C9H7F3IN3O. The van der Waals surface area contributed by atoms with Gasteiger partial charge in [-0.15, -0.1) is 0 Å². The summed E-state index contributed by atoms with van der Waals surface area (Å²) < 4.78 is 40.0. The van der Waals surface area contributed by atoms with E-state index >= 15 is 0 Å². The first kappa shape index (κ1) is 12.6. The van der Waals surface area contributed by atoms with Crippen molar-refractivity contribution in [2.75, 3.05) is 0 Å². The summed E-state index contributed by atoms with van der Waals surface area (Å²) in [5.41, 5.74) is -3.02. The van der Waals surface area contributed by atoms with Gasteiger partial charge in [-0.2, -0.15) is 13.2 Å². The number of nitrogens with zero attached hydrogens (tertiary/aromatic N) is 3. The first-order chi connectivity index (χ1) is 7.73. The first-order valence-electron chi connectivity index (χ1n) is 4.51. The molecule has 2 rings (SSSR count). The minimum absolute atomic E-state index is 0.427. The largest absolute Gasteiger partial charge is 0.422 e. The highest BCUT2D eigenvalue weighted by molar-refractivity contribution is 14.1. The van der Waals surface area contributed by atoms with Gasteiger partial charge in [-0.25, -0.2) is 4.98 Å². The van der Waals surface area contributed by atoms with Crippen LogP contribution < -0.4 is 0 Å². The quantitative estimate of drug-likeness (QED) is 0.796. The van der Waals surface area contributed by atoms with E-state index < -0.39 is 17.5 Å². The summed E-state index contributed by atoms with van der Waals surface area (Å²) in [6.07, 6.45) is -0.946. The van der Waals surface area contributed by atoms with Crippen molar-refractivity contribution in [2.45, 2.75) is 18.7 Å². The van der Waals surface area contributed by atoms with Crippen LogP contribution in [0.25, 0.3) is 5.65 Å². The zero-order chi connectivity index (χ0) is 12.8. The van der Waals surface area contributed by atoms with E-state index in [9.17, 15) is 18.3 Å². The van der Waals surface area contributed by atoms with Crippen LogP contribution in [0.5, 0.6) is 0 Å². The standard InChI is InChI=1S/C9H7F3IN3O/c1-8(17,9(10,11)12)5-4-16-6(13)2-15-7(16)3-14-5/h2-4,17H,1H3. The molecule has 2 aromatic rings. The van der Waals surface area contributed by atoms with Crippen LogP contribution in [0.4, 0.5) is 13.2 Å². The van der Waals surface area contributed by atoms with Gasteiger partial charge in [-0.3, -0.25) is 9.38 Å². The summed E-state index contributed by atoms with van der Waals surface area (Å²) in [5.74, 6) is 0. The molecule has 0 fully saturated rings. The predicted molar refractivity (Wildman–Crippen MR) is 61.3 cm³/mol. The molecule has 2 heterocycles. The van der Waals surface area contributed by atoms with Gasteiger partial charge in [0.05, 0.1) is 18.1 Å². The van der Waals surface area contributed by atoms with E-state index in [0.717, 1.165) is 6.20 Å². The topological polar surface area (TPSA) is 50.4 Å². The fourth-order valence-electron chi connectivity index (χ4n) is 1.26. The third kappa shape index (κ3) is 1.99. The van der Waals surface area contributed by atoms with Crippen LogP contribution in [0.2, 0.25) is 0 Å². The number of fused-ring (bicyclic) bond motifs is 1. The molecule has 2 aromatic heterocycles. The monoisotopic (exact) mass is 357 g/mol. The van der Waals surface area contributed by atoms with E-state index in [1.807, 2.05) is 22.6 Å². The molecule has 1 atom stereocenters. The fourth-order valence-corrected chi connectivity index (χ4v) is 1.78. The Labute approximate surface area is 108 Å². The first-order valence-corrected chi connectivity index (χ1v) is 5.59. The highest BCUT2D eigenvalue weighted by atomic mass is 127. The number of hydrogen-bond donors (Lipinski definition) is 1.